The second-order valence-corrected chi connectivity index (χ2v) is 11.7. The van der Waals surface area contributed by atoms with Gasteiger partial charge >= 0.3 is 0 Å². The summed E-state index contributed by atoms with van der Waals surface area (Å²) in [5.41, 5.74) is 4.86. The van der Waals surface area contributed by atoms with Gasteiger partial charge in [-0.1, -0.05) is 90.1 Å². The number of halogens is 1. The van der Waals surface area contributed by atoms with Crippen molar-refractivity contribution in [3.8, 4) is 11.5 Å². The van der Waals surface area contributed by atoms with E-state index in [2.05, 4.69) is 22.8 Å². The van der Waals surface area contributed by atoms with E-state index in [1.807, 2.05) is 105 Å². The van der Waals surface area contributed by atoms with E-state index in [1.54, 1.807) is 16.4 Å². The van der Waals surface area contributed by atoms with E-state index in [4.69, 9.17) is 31.2 Å². The van der Waals surface area contributed by atoms with Crippen molar-refractivity contribution in [2.45, 2.75) is 37.4 Å². The van der Waals surface area contributed by atoms with Gasteiger partial charge in [-0.3, -0.25) is 4.79 Å². The lowest BCUT2D eigenvalue weighted by Crippen LogP contribution is -2.31. The molecule has 1 aromatic heterocycles. The molecule has 8 nitrogen and oxygen atoms in total. The molecule has 10 heteroatoms. The minimum absolute atomic E-state index is 0.264. The first-order valence-corrected chi connectivity index (χ1v) is 16.0. The predicted octanol–water partition coefficient (Wildman–Crippen LogP) is 8.13. The number of amides is 1. The zero-order chi connectivity index (χ0) is 31.2. The van der Waals surface area contributed by atoms with Gasteiger partial charge in [-0.15, -0.1) is 5.10 Å². The largest absolute Gasteiger partial charge is 0.492 e. The molecule has 2 heterocycles. The summed E-state index contributed by atoms with van der Waals surface area (Å²) in [6.45, 7) is 4.69. The summed E-state index contributed by atoms with van der Waals surface area (Å²) in [6, 6.07) is 32.4. The van der Waals surface area contributed by atoms with Crippen LogP contribution in [0.15, 0.2) is 120 Å². The number of carbonyl (C=O) groups is 1. The van der Waals surface area contributed by atoms with E-state index in [1.165, 1.54) is 5.56 Å². The minimum atomic E-state index is -0.538. The number of thioether (sulfide) groups is 1. The molecule has 228 valence electrons. The third-order valence-electron chi connectivity index (χ3n) is 7.24. The van der Waals surface area contributed by atoms with E-state index in [0.717, 1.165) is 16.9 Å². The van der Waals surface area contributed by atoms with Gasteiger partial charge in [0.2, 0.25) is 11.1 Å². The van der Waals surface area contributed by atoms with Crippen molar-refractivity contribution in [1.29, 1.82) is 0 Å². The lowest BCUT2D eigenvalue weighted by atomic mass is 9.95. The molecule has 0 saturated carbocycles. The Balaban J connectivity index is 1.30. The number of hydrogen-bond acceptors (Lipinski definition) is 7. The average molecular weight is 638 g/mol. The Morgan fingerprint density at radius 2 is 1.67 bits per heavy atom. The highest BCUT2D eigenvalue weighted by Gasteiger charge is 2.34. The van der Waals surface area contributed by atoms with Crippen molar-refractivity contribution in [3.63, 3.8) is 0 Å². The highest BCUT2D eigenvalue weighted by Crippen LogP contribution is 2.38. The van der Waals surface area contributed by atoms with Gasteiger partial charge in [0, 0.05) is 16.5 Å². The molecular weight excluding hydrogens is 606 g/mol. The summed E-state index contributed by atoms with van der Waals surface area (Å²) in [7, 11) is 0. The quantitative estimate of drug-likeness (QED) is 0.141. The predicted molar refractivity (Wildman–Crippen MR) is 179 cm³/mol. The lowest BCUT2D eigenvalue weighted by Gasteiger charge is -2.29. The topological polar surface area (TPSA) is 90.3 Å². The Kier molecular flexibility index (Phi) is 9.38. The second-order valence-electron chi connectivity index (χ2n) is 10.4. The molecule has 45 heavy (non-hydrogen) atoms. The fourth-order valence-corrected chi connectivity index (χ4v) is 5.96. The lowest BCUT2D eigenvalue weighted by molar-refractivity contribution is -0.113. The van der Waals surface area contributed by atoms with E-state index < -0.39 is 6.04 Å². The van der Waals surface area contributed by atoms with E-state index in [0.29, 0.717) is 57.8 Å². The number of carbonyl (C=O) groups excluding carboxylic acids is 1. The molecule has 5 aromatic rings. The maximum Gasteiger partial charge on any atom is 0.255 e. The second kappa shape index (κ2) is 13.9. The number of rotatable bonds is 11. The molecule has 0 bridgehead atoms. The molecule has 6 rings (SSSR count). The van der Waals surface area contributed by atoms with Crippen LogP contribution in [-0.4, -0.2) is 27.3 Å². The van der Waals surface area contributed by atoms with Gasteiger partial charge in [-0.05, 0) is 66.9 Å². The highest BCUT2D eigenvalue weighted by molar-refractivity contribution is 7.98. The van der Waals surface area contributed by atoms with Gasteiger partial charge in [0.05, 0.1) is 17.9 Å². The van der Waals surface area contributed by atoms with Crippen molar-refractivity contribution in [3.05, 3.63) is 136 Å². The number of aromatic nitrogens is 3. The van der Waals surface area contributed by atoms with Crippen molar-refractivity contribution in [2.75, 3.05) is 17.2 Å². The molecule has 0 fully saturated rings. The summed E-state index contributed by atoms with van der Waals surface area (Å²) < 4.78 is 13.6. The van der Waals surface area contributed by atoms with Crippen molar-refractivity contribution in [2.24, 2.45) is 0 Å². The zero-order valence-corrected chi connectivity index (χ0v) is 26.4. The van der Waals surface area contributed by atoms with Crippen LogP contribution in [0.1, 0.15) is 36.6 Å². The van der Waals surface area contributed by atoms with Crippen molar-refractivity contribution in [1.82, 2.24) is 14.8 Å². The standard InChI is InChI=1S/C35H32ClN5O3S/c1-3-43-30-12-8-7-11-29(30)38-33(42)31-23(2)37-34-39-35(45-22-25-9-5-4-6-10-25)40-41(34)32(31)26-15-19-28(20-16-26)44-21-24-13-17-27(36)18-14-24/h4-20,32H,3,21-22H2,1-2H3,(H,38,42)(H,37,39,40). The summed E-state index contributed by atoms with van der Waals surface area (Å²) in [5.74, 6) is 2.35. The number of anilines is 2. The van der Waals surface area contributed by atoms with Crippen LogP contribution in [0.3, 0.4) is 0 Å². The first-order chi connectivity index (χ1) is 22.0. The van der Waals surface area contributed by atoms with Gasteiger partial charge < -0.3 is 20.1 Å². The highest BCUT2D eigenvalue weighted by atomic mass is 35.5. The number of allylic oxidation sites excluding steroid dienone is 1. The first kappa shape index (κ1) is 30.3. The normalized spacial score (nSPS) is 14.0. The number of nitrogens with zero attached hydrogens (tertiary/aromatic N) is 3. The molecule has 0 radical (unpaired) electrons. The summed E-state index contributed by atoms with van der Waals surface area (Å²) in [5, 5.41) is 12.6. The van der Waals surface area contributed by atoms with Gasteiger partial charge in [0.1, 0.15) is 24.1 Å². The van der Waals surface area contributed by atoms with E-state index in [9.17, 15) is 4.79 Å². The SMILES string of the molecule is CCOc1ccccc1NC(=O)C1=C(C)Nc2nc(SCc3ccccc3)nn2C1c1ccc(OCc2ccc(Cl)cc2)cc1. The molecule has 1 atom stereocenters. The molecule has 1 amide bonds. The number of fused-ring (bicyclic) bond motifs is 1. The van der Waals surface area contributed by atoms with Crippen LogP contribution in [0.25, 0.3) is 0 Å². The molecule has 0 saturated heterocycles. The summed E-state index contributed by atoms with van der Waals surface area (Å²) >= 11 is 7.56. The van der Waals surface area contributed by atoms with Gasteiger partial charge in [-0.25, -0.2) is 4.68 Å². The molecule has 1 aliphatic heterocycles. The monoisotopic (exact) mass is 637 g/mol. The molecule has 1 unspecified atom stereocenters. The van der Waals surface area contributed by atoms with Crippen LogP contribution in [-0.2, 0) is 17.2 Å². The van der Waals surface area contributed by atoms with E-state index >= 15 is 0 Å². The maximum atomic E-state index is 14.0. The van der Waals surface area contributed by atoms with E-state index in [-0.39, 0.29) is 5.91 Å². The van der Waals surface area contributed by atoms with Crippen LogP contribution in [0, 0.1) is 0 Å². The fourth-order valence-electron chi connectivity index (χ4n) is 5.05. The number of nitrogens with one attached hydrogen (secondary N) is 2. The zero-order valence-electron chi connectivity index (χ0n) is 24.9. The Hall–Kier alpha value is -4.73. The van der Waals surface area contributed by atoms with Gasteiger partial charge in [0.15, 0.2) is 0 Å². The fraction of sp³-hybridized carbons (Fsp3) is 0.171. The molecule has 4 aromatic carbocycles. The number of para-hydroxylation sites is 2. The Labute approximate surface area is 271 Å². The number of benzene rings is 4. The molecule has 0 aliphatic carbocycles. The summed E-state index contributed by atoms with van der Waals surface area (Å²) in [6.07, 6.45) is 0. The van der Waals surface area contributed by atoms with Crippen LogP contribution < -0.4 is 20.1 Å². The van der Waals surface area contributed by atoms with Gasteiger partial charge in [0.25, 0.3) is 5.91 Å². The number of ether oxygens (including phenoxy) is 2. The summed E-state index contributed by atoms with van der Waals surface area (Å²) in [4.78, 5) is 18.8. The first-order valence-electron chi connectivity index (χ1n) is 14.6. The third kappa shape index (κ3) is 7.16. The van der Waals surface area contributed by atoms with Gasteiger partial charge in [-0.2, -0.15) is 4.98 Å². The Morgan fingerprint density at radius 3 is 2.42 bits per heavy atom. The molecule has 0 spiro atoms. The Morgan fingerprint density at radius 1 is 0.933 bits per heavy atom. The minimum Gasteiger partial charge on any atom is -0.492 e. The Bertz CT molecular complexity index is 1810. The molecular formula is C35H32ClN5O3S. The van der Waals surface area contributed by atoms with Crippen molar-refractivity contribution < 1.29 is 14.3 Å². The smallest absolute Gasteiger partial charge is 0.255 e. The number of hydrogen-bond donors (Lipinski definition) is 2. The van der Waals surface area contributed by atoms with Crippen LogP contribution in [0.5, 0.6) is 11.5 Å². The van der Waals surface area contributed by atoms with Crippen molar-refractivity contribution >= 4 is 40.9 Å². The third-order valence-corrected chi connectivity index (χ3v) is 8.40. The molecule has 2 N–H and O–H groups in total. The van der Waals surface area contributed by atoms with Crippen LogP contribution >= 0.6 is 23.4 Å². The maximum absolute atomic E-state index is 14.0. The molecule has 1 aliphatic rings. The van der Waals surface area contributed by atoms with Crippen LogP contribution in [0.4, 0.5) is 11.6 Å². The van der Waals surface area contributed by atoms with Crippen LogP contribution in [0.2, 0.25) is 5.02 Å². The average Bonchev–Trinajstić information content (AvgIpc) is 3.47.